The number of allylic oxidation sites excluding steroid dienone is 3. The van der Waals surface area contributed by atoms with Gasteiger partial charge < -0.3 is 10.2 Å². The maximum atomic E-state index is 12.2. The molecule has 4 nitrogen and oxygen atoms in total. The van der Waals surface area contributed by atoms with Crippen LogP contribution in [0.5, 0.6) is 0 Å². The Balaban J connectivity index is 2.52. The number of carbonyl (C=O) groups excluding carboxylic acids is 1. The van der Waals surface area contributed by atoms with Gasteiger partial charge in [-0.25, -0.2) is 0 Å². The Labute approximate surface area is 145 Å². The Hall–Kier alpha value is -1.42. The van der Waals surface area contributed by atoms with Crippen LogP contribution in [0.1, 0.15) is 65.2 Å². The maximum absolute atomic E-state index is 12.2. The molecule has 0 bridgehead atoms. The molecule has 0 aromatic carbocycles. The van der Waals surface area contributed by atoms with Crippen LogP contribution in [-0.4, -0.2) is 28.1 Å². The third kappa shape index (κ3) is 7.43. The molecule has 0 amide bonds. The third-order valence-electron chi connectivity index (χ3n) is 4.80. The van der Waals surface area contributed by atoms with Crippen LogP contribution in [0.25, 0.3) is 0 Å². The van der Waals surface area contributed by atoms with E-state index in [1.807, 2.05) is 24.3 Å². The Kier molecular flexibility index (Phi) is 9.62. The molecule has 1 aliphatic carbocycles. The second kappa shape index (κ2) is 11.2. The number of unbranched alkanes of at least 4 members (excludes halogenated alkanes) is 2. The van der Waals surface area contributed by atoms with Crippen molar-refractivity contribution in [1.82, 2.24) is 0 Å². The van der Waals surface area contributed by atoms with E-state index >= 15 is 0 Å². The molecule has 1 fully saturated rings. The highest BCUT2D eigenvalue weighted by molar-refractivity contribution is 5.84. The number of carbonyl (C=O) groups is 2. The van der Waals surface area contributed by atoms with E-state index in [4.69, 9.17) is 5.11 Å². The molecule has 1 aliphatic rings. The molecule has 1 rings (SSSR count). The number of Topliss-reactive ketones (excluding diaryl/α,β-unsaturated/α-hetero) is 1. The van der Waals surface area contributed by atoms with Crippen LogP contribution in [0.2, 0.25) is 0 Å². The summed E-state index contributed by atoms with van der Waals surface area (Å²) in [7, 11) is 0. The number of hydrogen-bond acceptors (Lipinski definition) is 3. The molecular formula is C20H32O4. The second-order valence-corrected chi connectivity index (χ2v) is 6.92. The average molecular weight is 336 g/mol. The van der Waals surface area contributed by atoms with Gasteiger partial charge in [0.25, 0.3) is 0 Å². The van der Waals surface area contributed by atoms with Crippen molar-refractivity contribution < 1.29 is 19.8 Å². The van der Waals surface area contributed by atoms with Crippen LogP contribution in [0.15, 0.2) is 24.3 Å². The summed E-state index contributed by atoms with van der Waals surface area (Å²) in [5, 5.41) is 18.7. The first-order valence-electron chi connectivity index (χ1n) is 9.21. The Bertz CT molecular complexity index is 453. The van der Waals surface area contributed by atoms with Gasteiger partial charge in [-0.15, -0.1) is 0 Å². The number of carboxylic acids is 1. The van der Waals surface area contributed by atoms with Crippen molar-refractivity contribution in [3.8, 4) is 0 Å². The van der Waals surface area contributed by atoms with Crippen LogP contribution >= 0.6 is 0 Å². The summed E-state index contributed by atoms with van der Waals surface area (Å²) in [5.74, 6) is -0.0970. The summed E-state index contributed by atoms with van der Waals surface area (Å²) >= 11 is 0. The van der Waals surface area contributed by atoms with Gasteiger partial charge in [0, 0.05) is 18.8 Å². The fourth-order valence-electron chi connectivity index (χ4n) is 3.35. The highest BCUT2D eigenvalue weighted by atomic mass is 16.4. The van der Waals surface area contributed by atoms with Gasteiger partial charge in [0.05, 0.1) is 6.10 Å². The fourth-order valence-corrected chi connectivity index (χ4v) is 3.35. The number of carboxylic acid groups (broad SMARTS) is 1. The summed E-state index contributed by atoms with van der Waals surface area (Å²) in [6.45, 7) is 4.23. The van der Waals surface area contributed by atoms with Crippen LogP contribution in [0, 0.1) is 17.8 Å². The third-order valence-corrected chi connectivity index (χ3v) is 4.80. The SMILES string of the molecule is CCCCCC(O)/C=C\C1C(C)CC(=O)C1C/C=C/CCC(=O)O. The van der Waals surface area contributed by atoms with Crippen molar-refractivity contribution >= 4 is 11.8 Å². The number of ketones is 1. The van der Waals surface area contributed by atoms with Gasteiger partial charge in [0.2, 0.25) is 0 Å². The normalized spacial score (nSPS) is 25.8. The lowest BCUT2D eigenvalue weighted by Gasteiger charge is -2.17. The van der Waals surface area contributed by atoms with Crippen LogP contribution in [0.3, 0.4) is 0 Å². The van der Waals surface area contributed by atoms with Crippen molar-refractivity contribution in [1.29, 1.82) is 0 Å². The van der Waals surface area contributed by atoms with Gasteiger partial charge in [-0.2, -0.15) is 0 Å². The van der Waals surface area contributed by atoms with Crippen LogP contribution < -0.4 is 0 Å². The highest BCUT2D eigenvalue weighted by Crippen LogP contribution is 2.37. The van der Waals surface area contributed by atoms with Gasteiger partial charge >= 0.3 is 5.97 Å². The predicted molar refractivity (Wildman–Crippen MR) is 95.7 cm³/mol. The molecule has 4 atom stereocenters. The van der Waals surface area contributed by atoms with E-state index in [0.717, 1.165) is 25.7 Å². The monoisotopic (exact) mass is 336 g/mol. The van der Waals surface area contributed by atoms with Crippen molar-refractivity contribution in [2.45, 2.75) is 71.3 Å². The van der Waals surface area contributed by atoms with E-state index in [9.17, 15) is 14.7 Å². The fraction of sp³-hybridized carbons (Fsp3) is 0.700. The van der Waals surface area contributed by atoms with E-state index in [-0.39, 0.29) is 24.0 Å². The quantitative estimate of drug-likeness (QED) is 0.439. The van der Waals surface area contributed by atoms with E-state index in [1.165, 1.54) is 0 Å². The Morgan fingerprint density at radius 2 is 2.08 bits per heavy atom. The van der Waals surface area contributed by atoms with Crippen molar-refractivity contribution in [2.75, 3.05) is 0 Å². The predicted octanol–water partition coefficient (Wildman–Crippen LogP) is 4.14. The van der Waals surface area contributed by atoms with Crippen molar-refractivity contribution in [3.63, 3.8) is 0 Å². The molecule has 1 saturated carbocycles. The van der Waals surface area contributed by atoms with Gasteiger partial charge in [-0.1, -0.05) is 57.4 Å². The minimum Gasteiger partial charge on any atom is -0.481 e. The molecule has 4 heteroatoms. The van der Waals surface area contributed by atoms with E-state index in [2.05, 4.69) is 13.8 Å². The molecule has 0 spiro atoms. The number of hydrogen-bond donors (Lipinski definition) is 2. The Morgan fingerprint density at radius 1 is 1.33 bits per heavy atom. The molecule has 4 unspecified atom stereocenters. The van der Waals surface area contributed by atoms with Crippen molar-refractivity contribution in [2.24, 2.45) is 17.8 Å². The van der Waals surface area contributed by atoms with E-state index in [0.29, 0.717) is 25.2 Å². The molecule has 24 heavy (non-hydrogen) atoms. The minimum atomic E-state index is -0.803. The number of aliphatic carboxylic acids is 1. The standard InChI is InChI=1S/C20H32O4/c1-3-4-6-9-16(21)12-13-17-15(2)14-19(22)18(17)10-7-5-8-11-20(23)24/h5,7,12-13,15-18,21H,3-4,6,8-11,14H2,1-2H3,(H,23,24)/b7-5+,13-12-. The molecule has 0 heterocycles. The van der Waals surface area contributed by atoms with Crippen LogP contribution in [-0.2, 0) is 9.59 Å². The molecule has 0 aromatic heterocycles. The first-order valence-corrected chi connectivity index (χ1v) is 9.21. The molecule has 0 saturated heterocycles. The van der Waals surface area contributed by atoms with Gasteiger partial charge in [0.15, 0.2) is 0 Å². The summed E-state index contributed by atoms with van der Waals surface area (Å²) in [6.07, 6.45) is 13.2. The lowest BCUT2D eigenvalue weighted by molar-refractivity contribution is -0.136. The van der Waals surface area contributed by atoms with Gasteiger partial charge in [0.1, 0.15) is 5.78 Å². The summed E-state index contributed by atoms with van der Waals surface area (Å²) in [4.78, 5) is 22.7. The van der Waals surface area contributed by atoms with Gasteiger partial charge in [-0.3, -0.25) is 9.59 Å². The minimum absolute atomic E-state index is 0.0415. The topological polar surface area (TPSA) is 74.6 Å². The zero-order valence-electron chi connectivity index (χ0n) is 15.0. The van der Waals surface area contributed by atoms with Crippen molar-refractivity contribution in [3.05, 3.63) is 24.3 Å². The first kappa shape index (κ1) is 20.6. The molecular weight excluding hydrogens is 304 g/mol. The van der Waals surface area contributed by atoms with Gasteiger partial charge in [-0.05, 0) is 31.1 Å². The highest BCUT2D eigenvalue weighted by Gasteiger charge is 2.37. The molecule has 2 N–H and O–H groups in total. The average Bonchev–Trinajstić information content (AvgIpc) is 2.78. The van der Waals surface area contributed by atoms with E-state index in [1.54, 1.807) is 0 Å². The number of aliphatic hydroxyl groups excluding tert-OH is 1. The van der Waals surface area contributed by atoms with E-state index < -0.39 is 12.1 Å². The maximum Gasteiger partial charge on any atom is 0.303 e. The summed E-state index contributed by atoms with van der Waals surface area (Å²) in [6, 6.07) is 0. The molecule has 0 aromatic rings. The zero-order chi connectivity index (χ0) is 17.9. The zero-order valence-corrected chi connectivity index (χ0v) is 15.0. The second-order valence-electron chi connectivity index (χ2n) is 6.92. The summed E-state index contributed by atoms with van der Waals surface area (Å²) in [5.41, 5.74) is 0. The first-order chi connectivity index (χ1) is 11.5. The Morgan fingerprint density at radius 3 is 2.75 bits per heavy atom. The molecule has 136 valence electrons. The summed E-state index contributed by atoms with van der Waals surface area (Å²) < 4.78 is 0. The lowest BCUT2D eigenvalue weighted by Crippen LogP contribution is -2.15. The number of aliphatic hydroxyl groups is 1. The van der Waals surface area contributed by atoms with Crippen LogP contribution in [0.4, 0.5) is 0 Å². The largest absolute Gasteiger partial charge is 0.481 e. The smallest absolute Gasteiger partial charge is 0.303 e. The lowest BCUT2D eigenvalue weighted by atomic mass is 9.87. The number of rotatable bonds is 11. The molecule has 0 radical (unpaired) electrons. The molecule has 0 aliphatic heterocycles.